The number of likely N-dealkylation sites (tertiary alicyclic amines) is 1. The molecule has 2 heterocycles. The van der Waals surface area contributed by atoms with E-state index in [1.54, 1.807) is 6.92 Å². The SMILES string of the molecule is CCOC(=O)C1CC[NH+](CN2C(=O)c3cc(Cl)c(Cl)cc3C2=O)CC1. The predicted octanol–water partition coefficient (Wildman–Crippen LogP) is 1.40. The molecule has 2 aliphatic rings. The summed E-state index contributed by atoms with van der Waals surface area (Å²) in [6.07, 6.45) is 1.38. The molecule has 0 atom stereocenters. The summed E-state index contributed by atoms with van der Waals surface area (Å²) in [7, 11) is 0. The fraction of sp³-hybridized carbons (Fsp3) is 0.471. The maximum absolute atomic E-state index is 12.5. The standard InChI is InChI=1S/C17H18Cl2N2O4/c1-2-25-17(24)10-3-5-20(6-4-10)9-21-15(22)11-7-13(18)14(19)8-12(11)16(21)23/h7-8,10H,2-6,9H2,1H3/p+1. The lowest BCUT2D eigenvalue weighted by atomic mass is 9.97. The molecular weight excluding hydrogens is 367 g/mol. The molecule has 0 radical (unpaired) electrons. The maximum atomic E-state index is 12.5. The van der Waals surface area contributed by atoms with Crippen LogP contribution in [0.1, 0.15) is 40.5 Å². The highest BCUT2D eigenvalue weighted by atomic mass is 35.5. The van der Waals surface area contributed by atoms with E-state index in [1.165, 1.54) is 17.0 Å². The highest BCUT2D eigenvalue weighted by Crippen LogP contribution is 2.31. The van der Waals surface area contributed by atoms with Crippen molar-refractivity contribution >= 4 is 41.0 Å². The molecule has 0 saturated carbocycles. The van der Waals surface area contributed by atoms with Crippen LogP contribution in [-0.4, -0.2) is 49.0 Å². The van der Waals surface area contributed by atoms with Gasteiger partial charge in [0.25, 0.3) is 11.8 Å². The molecule has 0 unspecified atom stereocenters. The Hall–Kier alpha value is -1.63. The van der Waals surface area contributed by atoms with Crippen LogP contribution in [0.3, 0.4) is 0 Å². The number of ether oxygens (including phenoxy) is 1. The van der Waals surface area contributed by atoms with Crippen LogP contribution in [0, 0.1) is 5.92 Å². The Labute approximate surface area is 155 Å². The summed E-state index contributed by atoms with van der Waals surface area (Å²) < 4.78 is 5.06. The van der Waals surface area contributed by atoms with E-state index in [0.717, 1.165) is 4.90 Å². The minimum atomic E-state index is -0.349. The molecule has 1 aromatic rings. The van der Waals surface area contributed by atoms with Gasteiger partial charge in [0.1, 0.15) is 0 Å². The number of carbonyl (C=O) groups excluding carboxylic acids is 3. The third-order valence-corrected chi connectivity index (χ3v) is 5.43. The van der Waals surface area contributed by atoms with Gasteiger partial charge in [0.05, 0.1) is 46.8 Å². The van der Waals surface area contributed by atoms with Crippen molar-refractivity contribution in [1.82, 2.24) is 4.90 Å². The largest absolute Gasteiger partial charge is 0.466 e. The number of piperidine rings is 1. The topological polar surface area (TPSA) is 68.1 Å². The van der Waals surface area contributed by atoms with Gasteiger partial charge >= 0.3 is 5.97 Å². The van der Waals surface area contributed by atoms with Gasteiger partial charge in [-0.25, -0.2) is 4.90 Å². The molecule has 1 N–H and O–H groups in total. The Morgan fingerprint density at radius 2 is 1.68 bits per heavy atom. The van der Waals surface area contributed by atoms with Gasteiger partial charge in [0, 0.05) is 12.8 Å². The first-order valence-electron chi connectivity index (χ1n) is 8.27. The molecular formula is C17H19Cl2N2O4+. The second-order valence-corrected chi connectivity index (χ2v) is 7.10. The van der Waals surface area contributed by atoms with Gasteiger partial charge in [-0.05, 0) is 19.1 Å². The molecule has 134 valence electrons. The number of halogens is 2. The molecule has 0 aliphatic carbocycles. The Kier molecular flexibility index (Phi) is 5.32. The van der Waals surface area contributed by atoms with Gasteiger partial charge in [-0.3, -0.25) is 14.4 Å². The van der Waals surface area contributed by atoms with Crippen LogP contribution in [0.5, 0.6) is 0 Å². The molecule has 0 spiro atoms. The number of fused-ring (bicyclic) bond motifs is 1. The van der Waals surface area contributed by atoms with E-state index in [0.29, 0.717) is 43.7 Å². The number of nitrogens with zero attached hydrogens (tertiary/aromatic N) is 1. The molecule has 0 aromatic heterocycles. The quantitative estimate of drug-likeness (QED) is 0.628. The summed E-state index contributed by atoms with van der Waals surface area (Å²) in [6, 6.07) is 2.89. The lowest BCUT2D eigenvalue weighted by Crippen LogP contribution is -3.14. The number of benzene rings is 1. The van der Waals surface area contributed by atoms with Crippen molar-refractivity contribution in [2.45, 2.75) is 19.8 Å². The Morgan fingerprint density at radius 1 is 1.16 bits per heavy atom. The van der Waals surface area contributed by atoms with Crippen molar-refractivity contribution in [1.29, 1.82) is 0 Å². The number of hydrogen-bond acceptors (Lipinski definition) is 4. The van der Waals surface area contributed by atoms with Crippen LogP contribution in [0.15, 0.2) is 12.1 Å². The zero-order chi connectivity index (χ0) is 18.1. The molecule has 3 rings (SSSR count). The van der Waals surface area contributed by atoms with E-state index < -0.39 is 0 Å². The summed E-state index contributed by atoms with van der Waals surface area (Å²) in [4.78, 5) is 39.2. The first-order valence-corrected chi connectivity index (χ1v) is 9.03. The zero-order valence-corrected chi connectivity index (χ0v) is 15.3. The summed E-state index contributed by atoms with van der Waals surface area (Å²) in [5.41, 5.74) is 0.584. The molecule has 2 amide bonds. The molecule has 2 aliphatic heterocycles. The van der Waals surface area contributed by atoms with Gasteiger partial charge in [-0.2, -0.15) is 0 Å². The van der Waals surface area contributed by atoms with Gasteiger partial charge in [0.15, 0.2) is 6.67 Å². The number of quaternary nitrogens is 1. The molecule has 1 saturated heterocycles. The molecule has 6 nitrogen and oxygen atoms in total. The van der Waals surface area contributed by atoms with Crippen molar-refractivity contribution in [3.63, 3.8) is 0 Å². The van der Waals surface area contributed by atoms with E-state index >= 15 is 0 Å². The van der Waals surface area contributed by atoms with E-state index in [-0.39, 0.29) is 40.4 Å². The van der Waals surface area contributed by atoms with Crippen molar-refractivity contribution in [3.05, 3.63) is 33.3 Å². The average molecular weight is 386 g/mol. The molecule has 25 heavy (non-hydrogen) atoms. The lowest BCUT2D eigenvalue weighted by Gasteiger charge is -2.30. The fourth-order valence-electron chi connectivity index (χ4n) is 3.33. The fourth-order valence-corrected chi connectivity index (χ4v) is 3.66. The third-order valence-electron chi connectivity index (χ3n) is 4.71. The number of esters is 1. The Bertz CT molecular complexity index is 689. The van der Waals surface area contributed by atoms with Gasteiger partial charge in [0.2, 0.25) is 0 Å². The van der Waals surface area contributed by atoms with E-state index in [1.807, 2.05) is 0 Å². The average Bonchev–Trinajstić information content (AvgIpc) is 2.81. The van der Waals surface area contributed by atoms with Crippen LogP contribution in [0.2, 0.25) is 10.0 Å². The second kappa shape index (κ2) is 7.32. The first kappa shape index (κ1) is 18.2. The van der Waals surface area contributed by atoms with Crippen molar-refractivity contribution in [2.75, 3.05) is 26.4 Å². The highest BCUT2D eigenvalue weighted by Gasteiger charge is 2.39. The zero-order valence-electron chi connectivity index (χ0n) is 13.8. The number of hydrogen-bond donors (Lipinski definition) is 1. The monoisotopic (exact) mass is 385 g/mol. The number of rotatable bonds is 4. The van der Waals surface area contributed by atoms with E-state index in [9.17, 15) is 14.4 Å². The smallest absolute Gasteiger partial charge is 0.309 e. The van der Waals surface area contributed by atoms with Crippen molar-refractivity contribution < 1.29 is 24.0 Å². The maximum Gasteiger partial charge on any atom is 0.309 e. The second-order valence-electron chi connectivity index (χ2n) is 6.28. The van der Waals surface area contributed by atoms with Gasteiger partial charge in [-0.15, -0.1) is 0 Å². The van der Waals surface area contributed by atoms with Crippen LogP contribution < -0.4 is 4.90 Å². The van der Waals surface area contributed by atoms with Crippen molar-refractivity contribution in [2.24, 2.45) is 5.92 Å². The normalized spacial score (nSPS) is 22.9. The number of carbonyl (C=O) groups is 3. The van der Waals surface area contributed by atoms with Crippen LogP contribution in [0.4, 0.5) is 0 Å². The Balaban J connectivity index is 1.64. The van der Waals surface area contributed by atoms with Gasteiger partial charge in [-0.1, -0.05) is 23.2 Å². The van der Waals surface area contributed by atoms with Crippen LogP contribution in [-0.2, 0) is 9.53 Å². The van der Waals surface area contributed by atoms with E-state index in [2.05, 4.69) is 0 Å². The Morgan fingerprint density at radius 3 is 2.16 bits per heavy atom. The van der Waals surface area contributed by atoms with Crippen LogP contribution >= 0.6 is 23.2 Å². The number of amides is 2. The first-order chi connectivity index (χ1) is 11.9. The number of imide groups is 1. The van der Waals surface area contributed by atoms with Gasteiger partial charge < -0.3 is 9.64 Å². The summed E-state index contributed by atoms with van der Waals surface area (Å²) in [6.45, 7) is 3.86. The van der Waals surface area contributed by atoms with Crippen LogP contribution in [0.25, 0.3) is 0 Å². The number of nitrogens with one attached hydrogen (secondary N) is 1. The molecule has 1 fully saturated rings. The summed E-state index contributed by atoms with van der Waals surface area (Å²) in [5, 5.41) is 0.511. The highest BCUT2D eigenvalue weighted by molar-refractivity contribution is 6.43. The summed E-state index contributed by atoms with van der Waals surface area (Å²) in [5.74, 6) is -0.952. The molecule has 0 bridgehead atoms. The molecule has 1 aromatic carbocycles. The summed E-state index contributed by atoms with van der Waals surface area (Å²) >= 11 is 11.9. The van der Waals surface area contributed by atoms with Crippen molar-refractivity contribution in [3.8, 4) is 0 Å². The molecule has 8 heteroatoms. The van der Waals surface area contributed by atoms with E-state index in [4.69, 9.17) is 27.9 Å². The minimum absolute atomic E-state index is 0.0940. The predicted molar refractivity (Wildman–Crippen MR) is 91.9 cm³/mol. The third kappa shape index (κ3) is 3.52. The minimum Gasteiger partial charge on any atom is -0.466 e. The lowest BCUT2D eigenvalue weighted by molar-refractivity contribution is -0.912.